The summed E-state index contributed by atoms with van der Waals surface area (Å²) in [5.74, 6) is -0.0917. The van der Waals surface area contributed by atoms with Gasteiger partial charge in [-0.05, 0) is 54.2 Å². The van der Waals surface area contributed by atoms with Crippen molar-refractivity contribution < 1.29 is 13.9 Å². The zero-order valence-electron chi connectivity index (χ0n) is 14.3. The van der Waals surface area contributed by atoms with E-state index in [4.69, 9.17) is 4.74 Å². The minimum Gasteiger partial charge on any atom is -0.465 e. The molecular formula is C21H20FNO2. The van der Waals surface area contributed by atoms with Crippen molar-refractivity contribution in [1.29, 1.82) is 0 Å². The van der Waals surface area contributed by atoms with E-state index in [1.54, 1.807) is 0 Å². The zero-order chi connectivity index (χ0) is 17.6. The first-order valence-corrected chi connectivity index (χ1v) is 8.50. The summed E-state index contributed by atoms with van der Waals surface area (Å²) in [4.78, 5) is 12.3. The molecule has 0 spiro atoms. The Labute approximate surface area is 146 Å². The predicted octanol–water partition coefficient (Wildman–Crippen LogP) is 4.75. The van der Waals surface area contributed by atoms with Crippen molar-refractivity contribution in [3.63, 3.8) is 0 Å². The molecule has 0 fully saturated rings. The molecule has 3 nitrogen and oxygen atoms in total. The standard InChI is InChI=1S/C21H20FNO2/c1-12-6-11-17(21(24)25-2)18-15-4-3-5-16(15)20(23-19(12)18)13-7-9-14(22)10-8-13/h3-4,6-11,15-16,20,23H,5H2,1-2H3/t15-,16+,20+/m1/s1. The van der Waals surface area contributed by atoms with E-state index in [9.17, 15) is 9.18 Å². The Kier molecular flexibility index (Phi) is 3.83. The molecular weight excluding hydrogens is 317 g/mol. The number of ether oxygens (including phenoxy) is 1. The number of halogens is 1. The van der Waals surface area contributed by atoms with Crippen LogP contribution in [-0.2, 0) is 4.74 Å². The van der Waals surface area contributed by atoms with Crippen LogP contribution in [0.5, 0.6) is 0 Å². The number of anilines is 1. The number of nitrogens with one attached hydrogen (secondary N) is 1. The largest absolute Gasteiger partial charge is 0.465 e. The van der Waals surface area contributed by atoms with Crippen LogP contribution in [0.15, 0.2) is 48.6 Å². The predicted molar refractivity (Wildman–Crippen MR) is 95.3 cm³/mol. The highest BCUT2D eigenvalue weighted by Crippen LogP contribution is 2.51. The maximum Gasteiger partial charge on any atom is 0.338 e. The van der Waals surface area contributed by atoms with Gasteiger partial charge < -0.3 is 10.1 Å². The smallest absolute Gasteiger partial charge is 0.338 e. The Morgan fingerprint density at radius 2 is 1.96 bits per heavy atom. The molecule has 2 aromatic carbocycles. The SMILES string of the molecule is COC(=O)c1ccc(C)c2c1[C@@H]1C=CC[C@@H]1[C@H](c1ccc(F)cc1)N2. The van der Waals surface area contributed by atoms with E-state index in [2.05, 4.69) is 17.5 Å². The van der Waals surface area contributed by atoms with Crippen molar-refractivity contribution in [2.24, 2.45) is 5.92 Å². The topological polar surface area (TPSA) is 38.3 Å². The fourth-order valence-corrected chi connectivity index (χ4v) is 4.14. The van der Waals surface area contributed by atoms with Gasteiger partial charge in [0.25, 0.3) is 0 Å². The third-order valence-electron chi connectivity index (χ3n) is 5.36. The number of allylic oxidation sites excluding steroid dienone is 2. The number of fused-ring (bicyclic) bond motifs is 3. The van der Waals surface area contributed by atoms with Crippen LogP contribution >= 0.6 is 0 Å². The van der Waals surface area contributed by atoms with Crippen LogP contribution in [0.2, 0.25) is 0 Å². The number of aryl methyl sites for hydroxylation is 1. The fourth-order valence-electron chi connectivity index (χ4n) is 4.14. The van der Waals surface area contributed by atoms with Gasteiger partial charge in [-0.1, -0.05) is 30.4 Å². The molecule has 4 rings (SSSR count). The normalized spacial score (nSPS) is 23.6. The average Bonchev–Trinajstić information content (AvgIpc) is 3.11. The number of hydrogen-bond acceptors (Lipinski definition) is 3. The van der Waals surface area contributed by atoms with E-state index in [0.29, 0.717) is 11.5 Å². The fraction of sp³-hybridized carbons (Fsp3) is 0.286. The molecule has 0 bridgehead atoms. The van der Waals surface area contributed by atoms with Gasteiger partial charge in [0.05, 0.1) is 18.7 Å². The first-order valence-electron chi connectivity index (χ1n) is 8.50. The van der Waals surface area contributed by atoms with Crippen LogP contribution < -0.4 is 5.32 Å². The molecule has 0 saturated heterocycles. The van der Waals surface area contributed by atoms with E-state index in [1.165, 1.54) is 19.2 Å². The lowest BCUT2D eigenvalue weighted by atomic mass is 9.75. The molecule has 1 aliphatic heterocycles. The summed E-state index contributed by atoms with van der Waals surface area (Å²) in [5, 5.41) is 3.62. The van der Waals surface area contributed by atoms with Crippen molar-refractivity contribution in [2.75, 3.05) is 12.4 Å². The summed E-state index contributed by atoms with van der Waals surface area (Å²) in [6, 6.07) is 10.6. The number of esters is 1. The second-order valence-electron chi connectivity index (χ2n) is 6.74. The number of rotatable bonds is 2. The molecule has 1 heterocycles. The summed E-state index contributed by atoms with van der Waals surface area (Å²) < 4.78 is 18.3. The van der Waals surface area contributed by atoms with Gasteiger partial charge in [0.15, 0.2) is 0 Å². The highest BCUT2D eigenvalue weighted by atomic mass is 19.1. The number of methoxy groups -OCH3 is 1. The van der Waals surface area contributed by atoms with Crippen LogP contribution in [0.4, 0.5) is 10.1 Å². The lowest BCUT2D eigenvalue weighted by Crippen LogP contribution is -2.31. The Morgan fingerprint density at radius 1 is 1.20 bits per heavy atom. The molecule has 0 radical (unpaired) electrons. The number of benzene rings is 2. The number of carbonyl (C=O) groups excluding carboxylic acids is 1. The van der Waals surface area contributed by atoms with Gasteiger partial charge in [0.1, 0.15) is 5.82 Å². The summed E-state index contributed by atoms with van der Waals surface area (Å²) >= 11 is 0. The van der Waals surface area contributed by atoms with Gasteiger partial charge in [0, 0.05) is 11.6 Å². The quantitative estimate of drug-likeness (QED) is 0.635. The Bertz CT molecular complexity index is 857. The van der Waals surface area contributed by atoms with Crippen LogP contribution in [0, 0.1) is 18.7 Å². The maximum atomic E-state index is 13.3. The van der Waals surface area contributed by atoms with Crippen molar-refractivity contribution in [1.82, 2.24) is 0 Å². The number of hydrogen-bond donors (Lipinski definition) is 1. The van der Waals surface area contributed by atoms with Gasteiger partial charge in [0.2, 0.25) is 0 Å². The Hall–Kier alpha value is -2.62. The molecule has 4 heteroatoms. The van der Waals surface area contributed by atoms with Gasteiger partial charge in [-0.15, -0.1) is 0 Å². The van der Waals surface area contributed by atoms with Crippen molar-refractivity contribution >= 4 is 11.7 Å². The number of carbonyl (C=O) groups is 1. The first-order chi connectivity index (χ1) is 12.1. The summed E-state index contributed by atoms with van der Waals surface area (Å²) in [6.45, 7) is 2.04. The average molecular weight is 337 g/mol. The minimum atomic E-state index is -0.308. The van der Waals surface area contributed by atoms with E-state index in [1.807, 2.05) is 31.2 Å². The molecule has 0 amide bonds. The minimum absolute atomic E-state index is 0.0831. The van der Waals surface area contributed by atoms with Gasteiger partial charge in [-0.3, -0.25) is 0 Å². The third kappa shape index (κ3) is 2.53. The van der Waals surface area contributed by atoms with Crippen molar-refractivity contribution in [3.05, 3.63) is 76.6 Å². The molecule has 0 aromatic heterocycles. The van der Waals surface area contributed by atoms with Crippen molar-refractivity contribution in [2.45, 2.75) is 25.3 Å². The maximum absolute atomic E-state index is 13.3. The molecule has 25 heavy (non-hydrogen) atoms. The van der Waals surface area contributed by atoms with Crippen LogP contribution in [0.1, 0.15) is 45.4 Å². The van der Waals surface area contributed by atoms with Gasteiger partial charge >= 0.3 is 5.97 Å². The summed E-state index contributed by atoms with van der Waals surface area (Å²) in [5.41, 5.74) is 4.78. The first kappa shape index (κ1) is 15.9. The summed E-state index contributed by atoms with van der Waals surface area (Å²) in [7, 11) is 1.41. The third-order valence-corrected chi connectivity index (χ3v) is 5.36. The monoisotopic (exact) mass is 337 g/mol. The molecule has 128 valence electrons. The molecule has 0 saturated carbocycles. The Balaban J connectivity index is 1.85. The van der Waals surface area contributed by atoms with E-state index in [0.717, 1.165) is 28.8 Å². The van der Waals surface area contributed by atoms with Crippen LogP contribution in [-0.4, -0.2) is 13.1 Å². The second kappa shape index (κ2) is 6.03. The van der Waals surface area contributed by atoms with Crippen LogP contribution in [0.25, 0.3) is 0 Å². The van der Waals surface area contributed by atoms with E-state index < -0.39 is 0 Å². The van der Waals surface area contributed by atoms with Crippen LogP contribution in [0.3, 0.4) is 0 Å². The lowest BCUT2D eigenvalue weighted by molar-refractivity contribution is 0.0598. The molecule has 3 atom stereocenters. The van der Waals surface area contributed by atoms with E-state index >= 15 is 0 Å². The molecule has 1 aliphatic carbocycles. The van der Waals surface area contributed by atoms with Gasteiger partial charge in [-0.2, -0.15) is 0 Å². The molecule has 1 N–H and O–H groups in total. The molecule has 2 aromatic rings. The molecule has 2 aliphatic rings. The van der Waals surface area contributed by atoms with Gasteiger partial charge in [-0.25, -0.2) is 9.18 Å². The second-order valence-corrected chi connectivity index (χ2v) is 6.74. The summed E-state index contributed by atoms with van der Waals surface area (Å²) in [6.07, 6.45) is 5.28. The Morgan fingerprint density at radius 3 is 2.68 bits per heavy atom. The highest BCUT2D eigenvalue weighted by Gasteiger charge is 2.40. The molecule has 0 unspecified atom stereocenters. The van der Waals surface area contributed by atoms with Crippen molar-refractivity contribution in [3.8, 4) is 0 Å². The highest BCUT2D eigenvalue weighted by molar-refractivity contribution is 5.94. The lowest BCUT2D eigenvalue weighted by Gasteiger charge is -2.39. The van der Waals surface area contributed by atoms with E-state index in [-0.39, 0.29) is 23.7 Å². The zero-order valence-corrected chi connectivity index (χ0v) is 14.3.